The Bertz CT molecular complexity index is 698. The van der Waals surface area contributed by atoms with E-state index >= 15 is 0 Å². The van der Waals surface area contributed by atoms with Crippen LogP contribution in [-0.2, 0) is 22.6 Å². The number of morpholine rings is 1. The van der Waals surface area contributed by atoms with E-state index in [-0.39, 0.29) is 12.0 Å². The standard InChI is InChI=1S/C16H23N5O2S/c1-12-6-17-21(7-12)10-15-9-20(4-5-23-15)8-14-11-24-16(18-14)19(3)13(2)22/h6-7,11,15H,4-5,8-10H2,1-3H3/t15-/m1/s1. The molecular formula is C16H23N5O2S. The quantitative estimate of drug-likeness (QED) is 0.819. The summed E-state index contributed by atoms with van der Waals surface area (Å²) in [5, 5.41) is 7.10. The number of carbonyl (C=O) groups excluding carboxylic acids is 1. The van der Waals surface area contributed by atoms with Crippen LogP contribution in [0.15, 0.2) is 17.8 Å². The van der Waals surface area contributed by atoms with Crippen LogP contribution in [-0.4, -0.2) is 58.4 Å². The van der Waals surface area contributed by atoms with E-state index in [1.54, 1.807) is 18.9 Å². The van der Waals surface area contributed by atoms with E-state index in [2.05, 4.69) is 15.0 Å². The van der Waals surface area contributed by atoms with Crippen molar-refractivity contribution in [2.24, 2.45) is 0 Å². The van der Waals surface area contributed by atoms with E-state index in [9.17, 15) is 4.79 Å². The molecule has 24 heavy (non-hydrogen) atoms. The van der Waals surface area contributed by atoms with Gasteiger partial charge in [0, 0.05) is 45.2 Å². The molecule has 0 aromatic carbocycles. The third kappa shape index (κ3) is 4.19. The zero-order chi connectivity index (χ0) is 17.1. The van der Waals surface area contributed by atoms with Crippen LogP contribution in [0.1, 0.15) is 18.2 Å². The summed E-state index contributed by atoms with van der Waals surface area (Å²) in [6, 6.07) is 0. The number of hydrogen-bond acceptors (Lipinski definition) is 6. The van der Waals surface area contributed by atoms with Gasteiger partial charge in [-0.1, -0.05) is 0 Å². The molecule has 1 aliphatic heterocycles. The molecular weight excluding hydrogens is 326 g/mol. The van der Waals surface area contributed by atoms with E-state index in [0.717, 1.165) is 49.2 Å². The predicted molar refractivity (Wildman–Crippen MR) is 93.2 cm³/mol. The van der Waals surface area contributed by atoms with Gasteiger partial charge in [-0.25, -0.2) is 4.98 Å². The van der Waals surface area contributed by atoms with E-state index in [0.29, 0.717) is 0 Å². The van der Waals surface area contributed by atoms with Crippen LogP contribution < -0.4 is 4.90 Å². The van der Waals surface area contributed by atoms with Gasteiger partial charge in [0.05, 0.1) is 31.1 Å². The fraction of sp³-hybridized carbons (Fsp3) is 0.562. The Kier molecular flexibility index (Phi) is 5.27. The van der Waals surface area contributed by atoms with Gasteiger partial charge in [-0.05, 0) is 12.5 Å². The van der Waals surface area contributed by atoms with Gasteiger partial charge >= 0.3 is 0 Å². The molecule has 7 nitrogen and oxygen atoms in total. The molecule has 0 spiro atoms. The number of thiazole rings is 1. The number of carbonyl (C=O) groups is 1. The van der Waals surface area contributed by atoms with Gasteiger partial charge in [0.1, 0.15) is 0 Å². The molecule has 0 unspecified atom stereocenters. The summed E-state index contributed by atoms with van der Waals surface area (Å²) in [4.78, 5) is 19.9. The molecule has 0 radical (unpaired) electrons. The van der Waals surface area contributed by atoms with Gasteiger partial charge in [-0.3, -0.25) is 19.3 Å². The van der Waals surface area contributed by atoms with Crippen LogP contribution >= 0.6 is 11.3 Å². The minimum absolute atomic E-state index is 0.00291. The highest BCUT2D eigenvalue weighted by Gasteiger charge is 2.22. The van der Waals surface area contributed by atoms with E-state index in [1.807, 2.05) is 29.4 Å². The number of aryl methyl sites for hydroxylation is 1. The zero-order valence-electron chi connectivity index (χ0n) is 14.3. The Morgan fingerprint density at radius 2 is 2.38 bits per heavy atom. The number of anilines is 1. The third-order valence-corrected chi connectivity index (χ3v) is 5.03. The lowest BCUT2D eigenvalue weighted by atomic mass is 10.2. The zero-order valence-corrected chi connectivity index (χ0v) is 15.1. The second-order valence-corrected chi connectivity index (χ2v) is 7.00. The van der Waals surface area contributed by atoms with E-state index in [4.69, 9.17) is 4.74 Å². The monoisotopic (exact) mass is 349 g/mol. The maximum Gasteiger partial charge on any atom is 0.225 e. The van der Waals surface area contributed by atoms with E-state index < -0.39 is 0 Å². The molecule has 130 valence electrons. The molecule has 3 heterocycles. The van der Waals surface area contributed by atoms with Crippen molar-refractivity contribution in [3.63, 3.8) is 0 Å². The van der Waals surface area contributed by atoms with Crippen molar-refractivity contribution < 1.29 is 9.53 Å². The lowest BCUT2D eigenvalue weighted by Crippen LogP contribution is -2.43. The highest BCUT2D eigenvalue weighted by molar-refractivity contribution is 7.14. The topological polar surface area (TPSA) is 63.5 Å². The Morgan fingerprint density at radius 1 is 1.54 bits per heavy atom. The fourth-order valence-electron chi connectivity index (χ4n) is 2.70. The van der Waals surface area contributed by atoms with Crippen LogP contribution in [0.25, 0.3) is 0 Å². The Morgan fingerprint density at radius 3 is 3.08 bits per heavy atom. The van der Waals surface area contributed by atoms with Gasteiger partial charge in [-0.2, -0.15) is 5.10 Å². The molecule has 1 amide bonds. The SMILES string of the molecule is CC(=O)N(C)c1nc(CN2CCO[C@@H](Cn3cc(C)cn3)C2)cs1. The Balaban J connectivity index is 1.56. The smallest absolute Gasteiger partial charge is 0.225 e. The second-order valence-electron chi connectivity index (χ2n) is 6.17. The average Bonchev–Trinajstić information content (AvgIpc) is 3.16. The van der Waals surface area contributed by atoms with Crippen molar-refractivity contribution in [3.05, 3.63) is 29.0 Å². The number of amides is 1. The van der Waals surface area contributed by atoms with Gasteiger partial charge in [-0.15, -0.1) is 11.3 Å². The summed E-state index contributed by atoms with van der Waals surface area (Å²) in [6.07, 6.45) is 4.03. The van der Waals surface area contributed by atoms with Crippen molar-refractivity contribution in [1.82, 2.24) is 19.7 Å². The molecule has 3 rings (SSSR count). The molecule has 8 heteroatoms. The summed E-state index contributed by atoms with van der Waals surface area (Å²) in [7, 11) is 1.75. The minimum Gasteiger partial charge on any atom is -0.374 e. The van der Waals surface area contributed by atoms with Gasteiger partial charge in [0.2, 0.25) is 5.91 Å². The third-order valence-electron chi connectivity index (χ3n) is 4.06. The first-order valence-corrected chi connectivity index (χ1v) is 8.91. The summed E-state index contributed by atoms with van der Waals surface area (Å²) in [5.74, 6) is -0.00291. The minimum atomic E-state index is -0.00291. The highest BCUT2D eigenvalue weighted by atomic mass is 32.1. The summed E-state index contributed by atoms with van der Waals surface area (Å²) in [5.41, 5.74) is 2.16. The first kappa shape index (κ1) is 17.1. The molecule has 0 N–H and O–H groups in total. The van der Waals surface area contributed by atoms with Crippen molar-refractivity contribution in [3.8, 4) is 0 Å². The molecule has 0 aliphatic carbocycles. The first-order valence-electron chi connectivity index (χ1n) is 8.03. The van der Waals surface area contributed by atoms with Gasteiger partial charge in [0.15, 0.2) is 5.13 Å². The number of rotatable bonds is 5. The van der Waals surface area contributed by atoms with Crippen molar-refractivity contribution in [2.75, 3.05) is 31.6 Å². The van der Waals surface area contributed by atoms with Gasteiger partial charge < -0.3 is 4.74 Å². The van der Waals surface area contributed by atoms with E-state index in [1.165, 1.54) is 11.3 Å². The number of nitrogens with zero attached hydrogens (tertiary/aromatic N) is 5. The molecule has 1 aliphatic rings. The number of aromatic nitrogens is 3. The summed E-state index contributed by atoms with van der Waals surface area (Å²) in [6.45, 7) is 7.59. The second kappa shape index (κ2) is 7.42. The molecule has 0 bridgehead atoms. The summed E-state index contributed by atoms with van der Waals surface area (Å²) >= 11 is 1.50. The van der Waals surface area contributed by atoms with Crippen LogP contribution in [0.2, 0.25) is 0 Å². The first-order chi connectivity index (χ1) is 11.5. The maximum absolute atomic E-state index is 11.4. The van der Waals surface area contributed by atoms with Crippen molar-refractivity contribution in [1.29, 1.82) is 0 Å². The number of ether oxygens (including phenoxy) is 1. The van der Waals surface area contributed by atoms with Crippen LogP contribution in [0.5, 0.6) is 0 Å². The lowest BCUT2D eigenvalue weighted by Gasteiger charge is -2.32. The van der Waals surface area contributed by atoms with Crippen LogP contribution in [0.3, 0.4) is 0 Å². The molecule has 1 saturated heterocycles. The maximum atomic E-state index is 11.4. The number of hydrogen-bond donors (Lipinski definition) is 0. The molecule has 0 saturated carbocycles. The van der Waals surface area contributed by atoms with Crippen LogP contribution in [0, 0.1) is 6.92 Å². The van der Waals surface area contributed by atoms with Crippen molar-refractivity contribution >= 4 is 22.4 Å². The molecule has 1 fully saturated rings. The Hall–Kier alpha value is -1.77. The molecule has 2 aromatic rings. The average molecular weight is 349 g/mol. The predicted octanol–water partition coefficient (Wildman–Crippen LogP) is 1.53. The van der Waals surface area contributed by atoms with Crippen molar-refractivity contribution in [2.45, 2.75) is 33.0 Å². The van der Waals surface area contributed by atoms with Crippen LogP contribution in [0.4, 0.5) is 5.13 Å². The lowest BCUT2D eigenvalue weighted by molar-refractivity contribution is -0.116. The molecule has 1 atom stereocenters. The normalized spacial score (nSPS) is 18.7. The largest absolute Gasteiger partial charge is 0.374 e. The van der Waals surface area contributed by atoms with Gasteiger partial charge in [0.25, 0.3) is 0 Å². The Labute approximate surface area is 145 Å². The fourth-order valence-corrected chi connectivity index (χ4v) is 3.52. The molecule has 2 aromatic heterocycles. The highest BCUT2D eigenvalue weighted by Crippen LogP contribution is 2.21. The summed E-state index contributed by atoms with van der Waals surface area (Å²) < 4.78 is 7.80.